The molecule has 0 atom stereocenters. The van der Waals surface area contributed by atoms with Crippen molar-refractivity contribution in [1.29, 1.82) is 0 Å². The van der Waals surface area contributed by atoms with Gasteiger partial charge in [0.2, 0.25) is 0 Å². The molecule has 0 aliphatic carbocycles. The Balaban J connectivity index is 2.03. The van der Waals surface area contributed by atoms with Crippen molar-refractivity contribution >= 4 is 23.2 Å². The van der Waals surface area contributed by atoms with Crippen LogP contribution < -0.4 is 4.74 Å². The van der Waals surface area contributed by atoms with Gasteiger partial charge in [-0.05, 0) is 30.2 Å². The molecule has 0 saturated heterocycles. The highest BCUT2D eigenvalue weighted by molar-refractivity contribution is 6.33. The summed E-state index contributed by atoms with van der Waals surface area (Å²) in [6.07, 6.45) is 0. The number of rotatable bonds is 6. The molecule has 0 bridgehead atoms. The molecule has 1 heterocycles. The van der Waals surface area contributed by atoms with Crippen molar-refractivity contribution in [2.24, 2.45) is 5.92 Å². The zero-order valence-electron chi connectivity index (χ0n) is 15.2. The van der Waals surface area contributed by atoms with Gasteiger partial charge in [-0.25, -0.2) is 0 Å². The minimum Gasteiger partial charge on any atom is -0.462 e. The van der Waals surface area contributed by atoms with Crippen molar-refractivity contribution in [2.45, 2.75) is 13.8 Å². The van der Waals surface area contributed by atoms with E-state index in [1.165, 1.54) is 24.3 Å². The van der Waals surface area contributed by atoms with Crippen LogP contribution in [0, 0.1) is 16.0 Å². The van der Waals surface area contributed by atoms with Crippen LogP contribution in [0.4, 0.5) is 5.69 Å². The lowest BCUT2D eigenvalue weighted by atomic mass is 10.2. The molecule has 0 aliphatic heterocycles. The number of benzene rings is 2. The Bertz CT molecular complexity index is 1020. The predicted molar refractivity (Wildman–Crippen MR) is 104 cm³/mol. The summed E-state index contributed by atoms with van der Waals surface area (Å²) >= 11 is 6.27. The molecule has 0 amide bonds. The highest BCUT2D eigenvalue weighted by Gasteiger charge is 2.22. The lowest BCUT2D eigenvalue weighted by Crippen LogP contribution is -2.15. The van der Waals surface area contributed by atoms with Gasteiger partial charge in [-0.1, -0.05) is 37.6 Å². The van der Waals surface area contributed by atoms with Crippen LogP contribution in [-0.2, 0) is 0 Å². The van der Waals surface area contributed by atoms with E-state index >= 15 is 0 Å². The molecule has 9 heteroatoms. The van der Waals surface area contributed by atoms with Crippen LogP contribution in [0.3, 0.4) is 0 Å². The Morgan fingerprint density at radius 2 is 1.89 bits per heavy atom. The number of ether oxygens (including phenoxy) is 1. The maximum atomic E-state index is 13.0. The van der Waals surface area contributed by atoms with E-state index in [0.29, 0.717) is 17.2 Å². The van der Waals surface area contributed by atoms with Crippen molar-refractivity contribution in [3.05, 3.63) is 69.2 Å². The number of carbonyl (C=O) groups is 1. The van der Waals surface area contributed by atoms with Crippen molar-refractivity contribution in [3.8, 4) is 17.4 Å². The number of hydrogen-bond acceptors (Lipinski definition) is 6. The van der Waals surface area contributed by atoms with E-state index in [4.69, 9.17) is 16.3 Å². The fraction of sp³-hybridized carbons (Fsp3) is 0.211. The van der Waals surface area contributed by atoms with Crippen molar-refractivity contribution < 1.29 is 14.5 Å². The van der Waals surface area contributed by atoms with E-state index in [9.17, 15) is 14.9 Å². The first-order valence-corrected chi connectivity index (χ1v) is 8.88. The second-order valence-corrected chi connectivity index (χ2v) is 6.83. The van der Waals surface area contributed by atoms with Crippen LogP contribution in [0.5, 0.6) is 6.01 Å². The van der Waals surface area contributed by atoms with Crippen LogP contribution in [0.1, 0.15) is 24.2 Å². The van der Waals surface area contributed by atoms with Crippen LogP contribution in [0.2, 0.25) is 5.02 Å². The first-order valence-electron chi connectivity index (χ1n) is 8.50. The third kappa shape index (κ3) is 4.17. The molecule has 0 unspecified atom stereocenters. The third-order valence-corrected chi connectivity index (χ3v) is 4.10. The van der Waals surface area contributed by atoms with Gasteiger partial charge in [-0.15, -0.1) is 5.10 Å². The van der Waals surface area contributed by atoms with Gasteiger partial charge in [-0.3, -0.25) is 14.9 Å². The Morgan fingerprint density at radius 3 is 2.50 bits per heavy atom. The predicted octanol–water partition coefficient (Wildman–Crippen LogP) is 4.23. The second-order valence-electron chi connectivity index (χ2n) is 6.42. The number of halogens is 1. The molecule has 3 rings (SSSR count). The topological polar surface area (TPSA) is 100 Å². The average molecular weight is 401 g/mol. The summed E-state index contributed by atoms with van der Waals surface area (Å²) in [6, 6.07) is 12.2. The molecule has 0 aliphatic rings. The Morgan fingerprint density at radius 1 is 1.21 bits per heavy atom. The van der Waals surface area contributed by atoms with Gasteiger partial charge in [-0.2, -0.15) is 9.67 Å². The fourth-order valence-electron chi connectivity index (χ4n) is 2.40. The molecule has 1 aromatic heterocycles. The quantitative estimate of drug-likeness (QED) is 0.453. The van der Waals surface area contributed by atoms with Crippen LogP contribution in [-0.4, -0.2) is 32.2 Å². The Hall–Kier alpha value is -3.26. The maximum Gasteiger partial charge on any atom is 0.336 e. The summed E-state index contributed by atoms with van der Waals surface area (Å²) in [4.78, 5) is 27.6. The van der Waals surface area contributed by atoms with Crippen LogP contribution in [0.15, 0.2) is 48.5 Å². The van der Waals surface area contributed by atoms with Crippen molar-refractivity contribution in [2.75, 3.05) is 6.61 Å². The highest BCUT2D eigenvalue weighted by atomic mass is 35.5. The molecule has 3 aromatic rings. The lowest BCUT2D eigenvalue weighted by Gasteiger charge is -2.06. The zero-order chi connectivity index (χ0) is 20.3. The minimum absolute atomic E-state index is 0.0545. The van der Waals surface area contributed by atoms with E-state index in [-0.39, 0.29) is 29.0 Å². The number of non-ortho nitro benzene ring substituents is 1. The van der Waals surface area contributed by atoms with Crippen molar-refractivity contribution in [3.63, 3.8) is 0 Å². The van der Waals surface area contributed by atoms with Gasteiger partial charge in [0.15, 0.2) is 5.82 Å². The normalized spacial score (nSPS) is 10.9. The summed E-state index contributed by atoms with van der Waals surface area (Å²) in [7, 11) is 0. The van der Waals surface area contributed by atoms with Gasteiger partial charge in [0.05, 0.1) is 16.6 Å². The first kappa shape index (κ1) is 19.5. The van der Waals surface area contributed by atoms with E-state index in [1.54, 1.807) is 24.3 Å². The monoisotopic (exact) mass is 400 g/mol. The van der Waals surface area contributed by atoms with Gasteiger partial charge >= 0.3 is 6.01 Å². The molecule has 2 aromatic carbocycles. The lowest BCUT2D eigenvalue weighted by molar-refractivity contribution is -0.384. The van der Waals surface area contributed by atoms with E-state index in [2.05, 4.69) is 10.1 Å². The van der Waals surface area contributed by atoms with Crippen LogP contribution in [0.25, 0.3) is 11.4 Å². The number of nitro groups is 1. The van der Waals surface area contributed by atoms with Crippen molar-refractivity contribution in [1.82, 2.24) is 14.8 Å². The molecular formula is C19H17ClN4O4. The number of nitrogens with zero attached hydrogens (tertiary/aromatic N) is 4. The number of aromatic nitrogens is 3. The van der Waals surface area contributed by atoms with Gasteiger partial charge in [0.1, 0.15) is 0 Å². The molecule has 8 nitrogen and oxygen atoms in total. The van der Waals surface area contributed by atoms with E-state index in [0.717, 1.165) is 4.68 Å². The first-order chi connectivity index (χ1) is 13.4. The van der Waals surface area contributed by atoms with Gasteiger partial charge in [0, 0.05) is 23.3 Å². The average Bonchev–Trinajstić information content (AvgIpc) is 3.10. The molecule has 28 heavy (non-hydrogen) atoms. The molecule has 0 saturated carbocycles. The summed E-state index contributed by atoms with van der Waals surface area (Å²) < 4.78 is 6.65. The summed E-state index contributed by atoms with van der Waals surface area (Å²) in [5.41, 5.74) is 0.632. The smallest absolute Gasteiger partial charge is 0.336 e. The standard InChI is InChI=1S/C19H17ClN4O4/c1-12(2)11-28-19-21-17(15-5-3-4-6-16(15)20)23(22-19)18(25)13-7-9-14(10-8-13)24(26)27/h3-10,12H,11H2,1-2H3. The summed E-state index contributed by atoms with van der Waals surface area (Å²) in [5.74, 6) is -0.0227. The van der Waals surface area contributed by atoms with Gasteiger partial charge in [0.25, 0.3) is 11.6 Å². The summed E-state index contributed by atoms with van der Waals surface area (Å²) in [5, 5.41) is 15.4. The fourth-order valence-corrected chi connectivity index (χ4v) is 2.62. The molecule has 0 radical (unpaired) electrons. The molecular weight excluding hydrogens is 384 g/mol. The second kappa shape index (κ2) is 8.18. The zero-order valence-corrected chi connectivity index (χ0v) is 16.0. The maximum absolute atomic E-state index is 13.0. The summed E-state index contributed by atoms with van der Waals surface area (Å²) in [6.45, 7) is 4.35. The highest BCUT2D eigenvalue weighted by Crippen LogP contribution is 2.28. The number of nitro benzene ring substituents is 1. The molecule has 0 N–H and O–H groups in total. The molecule has 144 valence electrons. The SMILES string of the molecule is CC(C)COc1nc(-c2ccccc2Cl)n(C(=O)c2ccc([N+](=O)[O-])cc2)n1. The minimum atomic E-state index is -0.531. The largest absolute Gasteiger partial charge is 0.462 e. The van der Waals surface area contributed by atoms with E-state index in [1.807, 2.05) is 13.8 Å². The van der Waals surface area contributed by atoms with E-state index < -0.39 is 10.8 Å². The van der Waals surface area contributed by atoms with Gasteiger partial charge < -0.3 is 4.74 Å². The molecule has 0 spiro atoms. The Kier molecular flexibility index (Phi) is 5.70. The van der Waals surface area contributed by atoms with Crippen LogP contribution >= 0.6 is 11.6 Å². The Labute approximate surface area is 165 Å². The number of carbonyl (C=O) groups excluding carboxylic acids is 1. The number of hydrogen-bond donors (Lipinski definition) is 0. The molecule has 0 fully saturated rings. The third-order valence-electron chi connectivity index (χ3n) is 3.77.